The molecule has 0 saturated carbocycles. The minimum absolute atomic E-state index is 0.202. The highest BCUT2D eigenvalue weighted by Crippen LogP contribution is 2.14. The van der Waals surface area contributed by atoms with Gasteiger partial charge in [0.05, 0.1) is 12.7 Å². The van der Waals surface area contributed by atoms with E-state index in [1.165, 1.54) is 12.8 Å². The molecule has 130 valence electrons. The minimum Gasteiger partial charge on any atom is -0.357 e. The van der Waals surface area contributed by atoms with Crippen LogP contribution in [0.15, 0.2) is 36.5 Å². The number of aromatic nitrogens is 4. The molecule has 7 nitrogen and oxygen atoms in total. The molecule has 0 radical (unpaired) electrons. The number of nitrogens with one attached hydrogen (secondary N) is 3. The molecule has 2 aromatic heterocycles. The second-order valence-electron chi connectivity index (χ2n) is 6.60. The lowest BCUT2D eigenvalue weighted by Crippen LogP contribution is -2.32. The van der Waals surface area contributed by atoms with Gasteiger partial charge in [0.15, 0.2) is 5.69 Å². The number of hydrogen-bond donors (Lipinski definition) is 3. The van der Waals surface area contributed by atoms with Crippen molar-refractivity contribution in [2.75, 3.05) is 13.1 Å². The molecule has 0 aliphatic carbocycles. The molecule has 4 rings (SSSR count). The van der Waals surface area contributed by atoms with Crippen LogP contribution in [0.3, 0.4) is 0 Å². The molecule has 0 bridgehead atoms. The van der Waals surface area contributed by atoms with Gasteiger partial charge in [-0.05, 0) is 49.4 Å². The number of aromatic amines is 1. The molecule has 1 aliphatic rings. The third-order valence-electron chi connectivity index (χ3n) is 4.64. The Morgan fingerprint density at radius 1 is 1.36 bits per heavy atom. The molecular weight excluding hydrogens is 316 g/mol. The number of rotatable bonds is 5. The third-order valence-corrected chi connectivity index (χ3v) is 4.64. The number of amides is 1. The van der Waals surface area contributed by atoms with Crippen LogP contribution in [0.4, 0.5) is 0 Å². The molecule has 3 aromatic rings. The van der Waals surface area contributed by atoms with Crippen LogP contribution in [0.25, 0.3) is 10.9 Å². The molecule has 25 heavy (non-hydrogen) atoms. The molecule has 7 heteroatoms. The van der Waals surface area contributed by atoms with Crippen molar-refractivity contribution in [2.45, 2.75) is 25.9 Å². The summed E-state index contributed by atoms with van der Waals surface area (Å²) in [6, 6.07) is 10.1. The predicted octanol–water partition coefficient (Wildman–Crippen LogP) is 1.69. The van der Waals surface area contributed by atoms with Crippen LogP contribution in [-0.4, -0.2) is 39.0 Å². The molecule has 1 aliphatic heterocycles. The Kier molecular flexibility index (Phi) is 4.47. The average molecular weight is 338 g/mol. The summed E-state index contributed by atoms with van der Waals surface area (Å²) in [6.45, 7) is 3.33. The Hall–Kier alpha value is -2.67. The highest BCUT2D eigenvalue weighted by molar-refractivity contribution is 5.91. The summed E-state index contributed by atoms with van der Waals surface area (Å²) in [5.74, 6) is 0.351. The van der Waals surface area contributed by atoms with E-state index in [1.54, 1.807) is 10.9 Å². The quantitative estimate of drug-likeness (QED) is 0.661. The van der Waals surface area contributed by atoms with Gasteiger partial charge >= 0.3 is 0 Å². The maximum atomic E-state index is 12.3. The lowest BCUT2D eigenvalue weighted by Gasteiger charge is -2.22. The van der Waals surface area contributed by atoms with E-state index >= 15 is 0 Å². The maximum Gasteiger partial charge on any atom is 0.273 e. The first kappa shape index (κ1) is 15.8. The van der Waals surface area contributed by atoms with E-state index in [4.69, 9.17) is 0 Å². The van der Waals surface area contributed by atoms with Crippen LogP contribution in [0, 0.1) is 5.92 Å². The molecular formula is C18H22N6O. The maximum absolute atomic E-state index is 12.3. The SMILES string of the molecule is O=C(NCc1cc2ccccc2[nH]1)c1cn(C[C@@H]2CCCNC2)nn1. The van der Waals surface area contributed by atoms with Crippen molar-refractivity contribution >= 4 is 16.8 Å². The number of H-pyrrole nitrogens is 1. The van der Waals surface area contributed by atoms with Gasteiger partial charge in [-0.2, -0.15) is 0 Å². The largest absolute Gasteiger partial charge is 0.357 e. The summed E-state index contributed by atoms with van der Waals surface area (Å²) < 4.78 is 1.77. The van der Waals surface area contributed by atoms with Crippen molar-refractivity contribution in [1.82, 2.24) is 30.6 Å². The van der Waals surface area contributed by atoms with Crippen LogP contribution < -0.4 is 10.6 Å². The first-order valence-corrected chi connectivity index (χ1v) is 8.73. The van der Waals surface area contributed by atoms with Crippen LogP contribution >= 0.6 is 0 Å². The Bertz CT molecular complexity index is 828. The molecule has 3 heterocycles. The Morgan fingerprint density at radius 2 is 2.28 bits per heavy atom. The van der Waals surface area contributed by atoms with Crippen LogP contribution in [0.5, 0.6) is 0 Å². The van der Waals surface area contributed by atoms with Crippen LogP contribution in [0.1, 0.15) is 29.0 Å². The number of piperidine rings is 1. The molecule has 1 atom stereocenters. The van der Waals surface area contributed by atoms with Crippen molar-refractivity contribution in [1.29, 1.82) is 0 Å². The van der Waals surface area contributed by atoms with Gasteiger partial charge in [0, 0.05) is 17.8 Å². The smallest absolute Gasteiger partial charge is 0.273 e. The molecule has 1 amide bonds. The van der Waals surface area contributed by atoms with Gasteiger partial charge in [-0.15, -0.1) is 5.10 Å². The molecule has 1 aromatic carbocycles. The summed E-state index contributed by atoms with van der Waals surface area (Å²) in [4.78, 5) is 15.6. The number of nitrogens with zero attached hydrogens (tertiary/aromatic N) is 3. The van der Waals surface area contributed by atoms with Crippen LogP contribution in [0.2, 0.25) is 0 Å². The number of fused-ring (bicyclic) bond motifs is 1. The summed E-state index contributed by atoms with van der Waals surface area (Å²) in [5, 5.41) is 15.5. The first-order chi connectivity index (χ1) is 12.3. The van der Waals surface area contributed by atoms with Gasteiger partial charge < -0.3 is 15.6 Å². The average Bonchev–Trinajstić information content (AvgIpc) is 3.27. The molecule has 1 fully saturated rings. The molecule has 3 N–H and O–H groups in total. The van der Waals surface area contributed by atoms with Crippen molar-refractivity contribution in [2.24, 2.45) is 5.92 Å². The monoisotopic (exact) mass is 338 g/mol. The van der Waals surface area contributed by atoms with Crippen LogP contribution in [-0.2, 0) is 13.1 Å². The molecule has 0 unspecified atom stereocenters. The summed E-state index contributed by atoms with van der Waals surface area (Å²) in [6.07, 6.45) is 4.11. The highest BCUT2D eigenvalue weighted by atomic mass is 16.2. The predicted molar refractivity (Wildman–Crippen MR) is 95.1 cm³/mol. The van der Waals surface area contributed by atoms with Gasteiger partial charge in [0.2, 0.25) is 0 Å². The van der Waals surface area contributed by atoms with Gasteiger partial charge in [0.25, 0.3) is 5.91 Å². The van der Waals surface area contributed by atoms with E-state index in [2.05, 4.69) is 25.9 Å². The van der Waals surface area contributed by atoms with Crippen molar-refractivity contribution in [3.8, 4) is 0 Å². The van der Waals surface area contributed by atoms with Gasteiger partial charge in [0.1, 0.15) is 0 Å². The minimum atomic E-state index is -0.202. The normalized spacial score (nSPS) is 17.7. The fraction of sp³-hybridized carbons (Fsp3) is 0.389. The van der Waals surface area contributed by atoms with E-state index in [-0.39, 0.29) is 5.91 Å². The van der Waals surface area contributed by atoms with Gasteiger partial charge in [-0.25, -0.2) is 0 Å². The Balaban J connectivity index is 1.34. The second-order valence-corrected chi connectivity index (χ2v) is 6.60. The highest BCUT2D eigenvalue weighted by Gasteiger charge is 2.16. The zero-order valence-electron chi connectivity index (χ0n) is 14.0. The zero-order chi connectivity index (χ0) is 17.1. The number of para-hydroxylation sites is 1. The summed E-state index contributed by atoms with van der Waals surface area (Å²) in [5.41, 5.74) is 2.40. The Morgan fingerprint density at radius 3 is 3.12 bits per heavy atom. The lowest BCUT2D eigenvalue weighted by atomic mass is 10.00. The number of benzene rings is 1. The fourth-order valence-electron chi connectivity index (χ4n) is 3.33. The summed E-state index contributed by atoms with van der Waals surface area (Å²) in [7, 11) is 0. The van der Waals surface area contributed by atoms with Crippen molar-refractivity contribution < 1.29 is 4.79 Å². The van der Waals surface area contributed by atoms with Gasteiger partial charge in [-0.3, -0.25) is 9.48 Å². The van der Waals surface area contributed by atoms with E-state index in [9.17, 15) is 4.79 Å². The van der Waals surface area contributed by atoms with Crippen molar-refractivity contribution in [3.05, 3.63) is 47.9 Å². The lowest BCUT2D eigenvalue weighted by molar-refractivity contribution is 0.0945. The van der Waals surface area contributed by atoms with E-state index in [0.29, 0.717) is 18.2 Å². The fourth-order valence-corrected chi connectivity index (χ4v) is 3.33. The zero-order valence-corrected chi connectivity index (χ0v) is 14.0. The number of carbonyl (C=O) groups excluding carboxylic acids is 1. The van der Waals surface area contributed by atoms with E-state index in [1.807, 2.05) is 30.3 Å². The number of carbonyl (C=O) groups is 1. The van der Waals surface area contributed by atoms with Crippen molar-refractivity contribution in [3.63, 3.8) is 0 Å². The summed E-state index contributed by atoms with van der Waals surface area (Å²) >= 11 is 0. The molecule has 1 saturated heterocycles. The first-order valence-electron chi connectivity index (χ1n) is 8.73. The second kappa shape index (κ2) is 7.06. The van der Waals surface area contributed by atoms with E-state index < -0.39 is 0 Å². The topological polar surface area (TPSA) is 87.6 Å². The third kappa shape index (κ3) is 3.71. The standard InChI is InChI=1S/C18H22N6O/c25-18(20-10-15-8-14-5-1-2-6-16(14)21-15)17-12-24(23-22-17)11-13-4-3-7-19-9-13/h1-2,5-6,8,12-13,19,21H,3-4,7,9-11H2,(H,20,25)/t13-/m1/s1. The van der Waals surface area contributed by atoms with Gasteiger partial charge in [-0.1, -0.05) is 23.4 Å². The molecule has 0 spiro atoms. The number of hydrogen-bond acceptors (Lipinski definition) is 4. The Labute approximate surface area is 145 Å². The van der Waals surface area contributed by atoms with E-state index in [0.717, 1.165) is 36.2 Å².